The lowest BCUT2D eigenvalue weighted by molar-refractivity contribution is -0.132. The van der Waals surface area contributed by atoms with Crippen molar-refractivity contribution in [1.82, 2.24) is 10.2 Å². The molecule has 0 aromatic heterocycles. The van der Waals surface area contributed by atoms with Gasteiger partial charge in [-0.1, -0.05) is 72.3 Å². The summed E-state index contributed by atoms with van der Waals surface area (Å²) in [4.78, 5) is 28.5. The lowest BCUT2D eigenvalue weighted by Crippen LogP contribution is -2.62. The lowest BCUT2D eigenvalue weighted by atomic mass is 9.82. The number of carbonyl (C=O) groups is 2. The molecule has 4 rings (SSSR count). The molecule has 0 aliphatic carbocycles. The van der Waals surface area contributed by atoms with E-state index in [1.807, 2.05) is 73.7 Å². The molecular weight excluding hydrogens is 396 g/mol. The number of benzene rings is 3. The molecule has 0 saturated heterocycles. The van der Waals surface area contributed by atoms with Crippen molar-refractivity contribution in [1.29, 1.82) is 0 Å². The van der Waals surface area contributed by atoms with E-state index in [0.717, 1.165) is 16.7 Å². The van der Waals surface area contributed by atoms with Gasteiger partial charge in [-0.3, -0.25) is 9.59 Å². The van der Waals surface area contributed by atoms with Gasteiger partial charge in [-0.2, -0.15) is 0 Å². The summed E-state index contributed by atoms with van der Waals surface area (Å²) in [5.74, 6) is -0.291. The average molecular weight is 419 g/mol. The number of nitrogens with one attached hydrogen (secondary N) is 1. The maximum Gasteiger partial charge on any atom is 0.255 e. The van der Waals surface area contributed by atoms with Crippen LogP contribution in [0, 0.1) is 0 Å². The van der Waals surface area contributed by atoms with Gasteiger partial charge in [0.1, 0.15) is 5.54 Å². The molecular formula is C25H23ClN2O2. The number of carbonyl (C=O) groups excluding carboxylic acids is 2. The molecule has 1 heterocycles. The standard InChI is InChI=1S/C25H23ClN2O2/c1-25(24(30)27-16-18-11-13-21(26)14-12-18)15-20-9-5-6-10-22(20)23(29)28(25)17-19-7-3-2-4-8-19/h2-14H,15-17H2,1H3,(H,27,30). The normalized spacial score (nSPS) is 18.1. The molecule has 4 nitrogen and oxygen atoms in total. The van der Waals surface area contributed by atoms with E-state index in [2.05, 4.69) is 5.32 Å². The first-order valence-electron chi connectivity index (χ1n) is 9.94. The van der Waals surface area contributed by atoms with E-state index in [9.17, 15) is 9.59 Å². The summed E-state index contributed by atoms with van der Waals surface area (Å²) in [6.45, 7) is 2.60. The van der Waals surface area contributed by atoms with Gasteiger partial charge in [0.25, 0.3) is 5.91 Å². The van der Waals surface area contributed by atoms with E-state index in [0.29, 0.717) is 30.1 Å². The third-order valence-corrected chi connectivity index (χ3v) is 5.91. The van der Waals surface area contributed by atoms with Crippen LogP contribution in [0.1, 0.15) is 34.0 Å². The van der Waals surface area contributed by atoms with Crippen molar-refractivity contribution in [3.8, 4) is 0 Å². The summed E-state index contributed by atoms with van der Waals surface area (Å²) in [6.07, 6.45) is 0.466. The minimum Gasteiger partial charge on any atom is -0.350 e. The topological polar surface area (TPSA) is 49.4 Å². The number of hydrogen-bond donors (Lipinski definition) is 1. The second-order valence-corrected chi connectivity index (χ2v) is 8.23. The van der Waals surface area contributed by atoms with E-state index >= 15 is 0 Å². The number of hydrogen-bond acceptors (Lipinski definition) is 2. The zero-order valence-corrected chi connectivity index (χ0v) is 17.5. The predicted octanol–water partition coefficient (Wildman–Crippen LogP) is 4.61. The monoisotopic (exact) mass is 418 g/mol. The number of amides is 2. The number of nitrogens with zero attached hydrogens (tertiary/aromatic N) is 1. The van der Waals surface area contributed by atoms with Crippen LogP contribution in [0.4, 0.5) is 0 Å². The van der Waals surface area contributed by atoms with Gasteiger partial charge in [0, 0.05) is 30.1 Å². The van der Waals surface area contributed by atoms with Crippen LogP contribution in [0.3, 0.4) is 0 Å². The molecule has 1 atom stereocenters. The molecule has 0 fully saturated rings. The SMILES string of the molecule is CC1(C(=O)NCc2ccc(Cl)cc2)Cc2ccccc2C(=O)N1Cc1ccccc1. The molecule has 2 amide bonds. The first kappa shape index (κ1) is 20.2. The Morgan fingerprint density at radius 3 is 2.37 bits per heavy atom. The number of rotatable bonds is 5. The van der Waals surface area contributed by atoms with Crippen LogP contribution in [-0.4, -0.2) is 22.3 Å². The molecule has 152 valence electrons. The molecule has 1 aliphatic rings. The van der Waals surface area contributed by atoms with Crippen LogP contribution in [0.5, 0.6) is 0 Å². The van der Waals surface area contributed by atoms with Crippen molar-refractivity contribution >= 4 is 23.4 Å². The maximum atomic E-state index is 13.4. The molecule has 3 aromatic carbocycles. The summed E-state index contributed by atoms with van der Waals surface area (Å²) in [7, 11) is 0. The number of halogens is 1. The largest absolute Gasteiger partial charge is 0.350 e. The van der Waals surface area contributed by atoms with E-state index < -0.39 is 5.54 Å². The Kier molecular flexibility index (Phi) is 5.60. The quantitative estimate of drug-likeness (QED) is 0.657. The molecule has 5 heteroatoms. The molecule has 3 aromatic rings. The highest BCUT2D eigenvalue weighted by molar-refractivity contribution is 6.30. The third kappa shape index (κ3) is 3.96. The maximum absolute atomic E-state index is 13.4. The Labute approximate surface area is 181 Å². The van der Waals surface area contributed by atoms with Crippen molar-refractivity contribution in [2.24, 2.45) is 0 Å². The van der Waals surface area contributed by atoms with Crippen LogP contribution in [0.2, 0.25) is 5.02 Å². The van der Waals surface area contributed by atoms with E-state index in [4.69, 9.17) is 11.6 Å². The van der Waals surface area contributed by atoms with Crippen molar-refractivity contribution in [2.45, 2.75) is 32.0 Å². The van der Waals surface area contributed by atoms with Gasteiger partial charge in [-0.05, 0) is 41.8 Å². The van der Waals surface area contributed by atoms with E-state index in [1.165, 1.54) is 0 Å². The first-order chi connectivity index (χ1) is 14.5. The average Bonchev–Trinajstić information content (AvgIpc) is 2.77. The van der Waals surface area contributed by atoms with Crippen LogP contribution in [-0.2, 0) is 24.3 Å². The smallest absolute Gasteiger partial charge is 0.255 e. The van der Waals surface area contributed by atoms with Crippen molar-refractivity contribution in [2.75, 3.05) is 0 Å². The fourth-order valence-electron chi connectivity index (χ4n) is 3.91. The lowest BCUT2D eigenvalue weighted by Gasteiger charge is -2.44. The molecule has 1 aliphatic heterocycles. The Bertz CT molecular complexity index is 1070. The van der Waals surface area contributed by atoms with Gasteiger partial charge >= 0.3 is 0 Å². The summed E-state index contributed by atoms with van der Waals surface area (Å²) in [6, 6.07) is 24.7. The highest BCUT2D eigenvalue weighted by Crippen LogP contribution is 2.32. The Morgan fingerprint density at radius 2 is 1.63 bits per heavy atom. The minimum atomic E-state index is -0.992. The molecule has 0 saturated carbocycles. The van der Waals surface area contributed by atoms with Crippen molar-refractivity contribution < 1.29 is 9.59 Å². The van der Waals surface area contributed by atoms with Crippen LogP contribution < -0.4 is 5.32 Å². The van der Waals surface area contributed by atoms with Crippen LogP contribution in [0.25, 0.3) is 0 Å². The molecule has 0 radical (unpaired) electrons. The molecule has 1 unspecified atom stereocenters. The van der Waals surface area contributed by atoms with Gasteiger partial charge in [0.2, 0.25) is 5.91 Å². The first-order valence-corrected chi connectivity index (χ1v) is 10.3. The van der Waals surface area contributed by atoms with Crippen molar-refractivity contribution in [3.63, 3.8) is 0 Å². The van der Waals surface area contributed by atoms with Gasteiger partial charge in [0.05, 0.1) is 0 Å². The Morgan fingerprint density at radius 1 is 0.967 bits per heavy atom. The van der Waals surface area contributed by atoms with Gasteiger partial charge < -0.3 is 10.2 Å². The molecule has 30 heavy (non-hydrogen) atoms. The Hall–Kier alpha value is -3.11. The van der Waals surface area contributed by atoms with E-state index in [1.54, 1.807) is 17.0 Å². The second-order valence-electron chi connectivity index (χ2n) is 7.79. The molecule has 0 bridgehead atoms. The summed E-state index contributed by atoms with van der Waals surface area (Å²) in [5.41, 5.74) is 2.51. The van der Waals surface area contributed by atoms with Gasteiger partial charge in [-0.25, -0.2) is 0 Å². The molecule has 0 spiro atoms. The summed E-state index contributed by atoms with van der Waals surface area (Å²) >= 11 is 5.95. The minimum absolute atomic E-state index is 0.121. The second kappa shape index (κ2) is 8.33. The van der Waals surface area contributed by atoms with Gasteiger partial charge in [-0.15, -0.1) is 0 Å². The highest BCUT2D eigenvalue weighted by atomic mass is 35.5. The summed E-state index contributed by atoms with van der Waals surface area (Å²) in [5, 5.41) is 3.67. The zero-order valence-electron chi connectivity index (χ0n) is 16.8. The van der Waals surface area contributed by atoms with E-state index in [-0.39, 0.29) is 11.8 Å². The fraction of sp³-hybridized carbons (Fsp3) is 0.200. The van der Waals surface area contributed by atoms with Crippen molar-refractivity contribution in [3.05, 3.63) is 106 Å². The summed E-state index contributed by atoms with van der Waals surface area (Å²) < 4.78 is 0. The zero-order chi connectivity index (χ0) is 21.1. The Balaban J connectivity index is 1.63. The van der Waals surface area contributed by atoms with Crippen LogP contribution in [0.15, 0.2) is 78.9 Å². The fourth-order valence-corrected chi connectivity index (χ4v) is 4.04. The predicted molar refractivity (Wildman–Crippen MR) is 118 cm³/mol. The molecule has 1 N–H and O–H groups in total. The van der Waals surface area contributed by atoms with Crippen LogP contribution >= 0.6 is 11.6 Å². The van der Waals surface area contributed by atoms with Gasteiger partial charge in [0.15, 0.2) is 0 Å². The number of fused-ring (bicyclic) bond motifs is 1. The highest BCUT2D eigenvalue weighted by Gasteiger charge is 2.46. The third-order valence-electron chi connectivity index (χ3n) is 5.66.